The number of amides is 1. The highest BCUT2D eigenvalue weighted by Crippen LogP contribution is 2.58. The Bertz CT molecular complexity index is 3160. The number of nitrogens with two attached hydrogens (primary N) is 1. The molecule has 2 aromatic heterocycles. The Kier molecular flexibility index (Phi) is 22.8. The van der Waals surface area contributed by atoms with Crippen LogP contribution >= 0.6 is 7.75 Å². The van der Waals surface area contributed by atoms with Crippen molar-refractivity contribution in [2.24, 2.45) is 5.92 Å². The van der Waals surface area contributed by atoms with E-state index < -0.39 is 128 Å². The number of ketones is 1. The van der Waals surface area contributed by atoms with E-state index in [1.165, 1.54) is 24.7 Å². The number of hydrogen-bond acceptors (Lipinski definition) is 22. The van der Waals surface area contributed by atoms with Crippen molar-refractivity contribution in [3.05, 3.63) is 112 Å². The van der Waals surface area contributed by atoms with E-state index in [0.717, 1.165) is 13.8 Å². The number of carbonyl (C=O) groups is 5. The molecule has 7 rings (SSSR count). The van der Waals surface area contributed by atoms with E-state index in [9.17, 15) is 24.0 Å². The van der Waals surface area contributed by atoms with Gasteiger partial charge in [-0.2, -0.15) is 4.98 Å². The predicted molar refractivity (Wildman–Crippen MR) is 309 cm³/mol. The molecule has 2 aliphatic rings. The van der Waals surface area contributed by atoms with Crippen molar-refractivity contribution in [3.63, 3.8) is 0 Å². The first kappa shape index (κ1) is 66.4. The van der Waals surface area contributed by atoms with Crippen LogP contribution in [0.15, 0.2) is 90.0 Å². The molecule has 0 saturated carbocycles. The van der Waals surface area contributed by atoms with Crippen LogP contribution in [0.5, 0.6) is 11.5 Å². The van der Waals surface area contributed by atoms with Gasteiger partial charge in [0.25, 0.3) is 5.56 Å². The van der Waals surface area contributed by atoms with Gasteiger partial charge in [0.15, 0.2) is 35.4 Å². The number of ether oxygens (including phenoxy) is 10. The van der Waals surface area contributed by atoms with Crippen LogP contribution in [0.25, 0.3) is 11.2 Å². The Morgan fingerprint density at radius 2 is 1.37 bits per heavy atom. The lowest BCUT2D eigenvalue weighted by molar-refractivity contribution is -0.279. The lowest BCUT2D eigenvalue weighted by Crippen LogP contribution is -2.66. The van der Waals surface area contributed by atoms with Crippen molar-refractivity contribution in [2.75, 3.05) is 53.0 Å². The summed E-state index contributed by atoms with van der Waals surface area (Å²) in [4.78, 5) is 88.8. The normalized spacial score (nSPS) is 21.7. The van der Waals surface area contributed by atoms with Crippen molar-refractivity contribution in [2.45, 2.75) is 149 Å². The van der Waals surface area contributed by atoms with Gasteiger partial charge in [0.2, 0.25) is 11.9 Å². The second-order valence-electron chi connectivity index (χ2n) is 21.4. The number of aromatic nitrogens is 4. The van der Waals surface area contributed by atoms with Crippen LogP contribution in [0.4, 0.5) is 5.95 Å². The molecule has 2 unspecified atom stereocenters. The summed E-state index contributed by atoms with van der Waals surface area (Å²) in [6.07, 6.45) is -9.22. The molecule has 468 valence electrons. The highest BCUT2D eigenvalue weighted by molar-refractivity contribution is 7.51. The molecule has 0 radical (unpaired) electrons. The Hall–Kier alpha value is -7.13. The maximum absolute atomic E-state index is 16.1. The summed E-state index contributed by atoms with van der Waals surface area (Å²) in [5, 5.41) is 2.65. The molecule has 2 aliphatic heterocycles. The van der Waals surface area contributed by atoms with Crippen molar-refractivity contribution < 1.29 is 85.0 Å². The lowest BCUT2D eigenvalue weighted by atomic mass is 9.79. The van der Waals surface area contributed by atoms with Gasteiger partial charge in [-0.25, -0.2) is 14.2 Å². The maximum Gasteiger partial charge on any atom is 0.409 e. The Morgan fingerprint density at radius 1 is 0.791 bits per heavy atom. The third-order valence-corrected chi connectivity index (χ3v) is 16.7. The summed E-state index contributed by atoms with van der Waals surface area (Å²) in [5.74, 6) is -2.89. The van der Waals surface area contributed by atoms with E-state index in [-0.39, 0.29) is 50.0 Å². The summed E-state index contributed by atoms with van der Waals surface area (Å²) >= 11 is 0. The molecule has 4 heterocycles. The minimum absolute atomic E-state index is 0.0385. The highest BCUT2D eigenvalue weighted by atomic mass is 31.2. The third-order valence-electron chi connectivity index (χ3n) is 14.2. The summed E-state index contributed by atoms with van der Waals surface area (Å²) < 4.78 is 92.7. The summed E-state index contributed by atoms with van der Waals surface area (Å²) in [7, 11) is -1.41. The van der Waals surface area contributed by atoms with Crippen LogP contribution in [0.3, 0.4) is 0 Å². The molecule has 2 saturated heterocycles. The Morgan fingerprint density at radius 3 is 1.92 bits per heavy atom. The van der Waals surface area contributed by atoms with Crippen LogP contribution in [-0.2, 0) is 81.1 Å². The van der Waals surface area contributed by atoms with Crippen molar-refractivity contribution in [3.8, 4) is 11.5 Å². The standard InChI is InChI=1S/C59H78N7O19P/c1-33(2)50(71)54(84-59(40-16-14-13-15-17-40,41-18-22-43(74-11)23-19-41)42-20-24-44(75-12)25-21-42)51-45(30-47(83-51)65-32-61-49-55(65)63-58(60)64-56(49)72)85-86(73,66(34(3)4)35(5)6)79-29-27-76-26-28-77-57-48(62-36(7)67)53(81-39(10)70)52(80-38(9)69)46(82-57)31-78-37(8)68/h13-25,32-35,45-48,51-54,57H,26-31H2,1-12H3,(H,62,67)(H3,60,63,64,72)/t45-,46+,47+,48+,51-,52-,53+,54?,57+,86?/m0/s1. The van der Waals surface area contributed by atoms with Crippen molar-refractivity contribution >= 4 is 54.5 Å². The van der Waals surface area contributed by atoms with Gasteiger partial charge in [-0.3, -0.25) is 47.4 Å². The van der Waals surface area contributed by atoms with E-state index in [0.29, 0.717) is 28.2 Å². The van der Waals surface area contributed by atoms with Gasteiger partial charge < -0.3 is 58.4 Å². The minimum Gasteiger partial charge on any atom is -0.497 e. The molecule has 4 N–H and O–H groups in total. The largest absolute Gasteiger partial charge is 0.497 e. The summed E-state index contributed by atoms with van der Waals surface area (Å²) in [5.41, 5.74) is 5.78. The van der Waals surface area contributed by atoms with E-state index >= 15 is 9.36 Å². The Labute approximate surface area is 498 Å². The van der Waals surface area contributed by atoms with Gasteiger partial charge in [-0.15, -0.1) is 0 Å². The fraction of sp³-hybridized carbons (Fsp3) is 0.525. The van der Waals surface area contributed by atoms with Gasteiger partial charge in [-0.05, 0) is 68.7 Å². The number of nitrogens with one attached hydrogen (secondary N) is 2. The van der Waals surface area contributed by atoms with Crippen LogP contribution in [0, 0.1) is 5.92 Å². The van der Waals surface area contributed by atoms with Crippen molar-refractivity contribution in [1.82, 2.24) is 29.5 Å². The minimum atomic E-state index is -4.53. The number of esters is 3. The number of fused-ring (bicyclic) bond motifs is 1. The average molecular weight is 1220 g/mol. The van der Waals surface area contributed by atoms with Crippen LogP contribution in [0.1, 0.15) is 98.6 Å². The number of anilines is 1. The molecule has 5 aromatic rings. The molecule has 86 heavy (non-hydrogen) atoms. The van der Waals surface area contributed by atoms with E-state index in [4.69, 9.17) is 62.1 Å². The number of aromatic amines is 1. The number of methoxy groups -OCH3 is 2. The van der Waals surface area contributed by atoms with Crippen LogP contribution in [0.2, 0.25) is 0 Å². The van der Waals surface area contributed by atoms with Gasteiger partial charge in [0.05, 0.1) is 47.0 Å². The summed E-state index contributed by atoms with van der Waals surface area (Å²) in [6.45, 7) is 14.2. The first-order chi connectivity index (χ1) is 40.9. The molecular weight excluding hydrogens is 1140 g/mol. The first-order valence-corrected chi connectivity index (χ1v) is 29.7. The Balaban J connectivity index is 1.23. The van der Waals surface area contributed by atoms with Gasteiger partial charge in [-0.1, -0.05) is 68.4 Å². The number of benzene rings is 3. The van der Waals surface area contributed by atoms with Crippen molar-refractivity contribution in [1.29, 1.82) is 0 Å². The number of nitrogens with zero attached hydrogens (tertiary/aromatic N) is 4. The average Bonchev–Trinajstić information content (AvgIpc) is 1.18. The lowest BCUT2D eigenvalue weighted by Gasteiger charge is -2.44. The maximum atomic E-state index is 16.1. The molecule has 3 aromatic carbocycles. The molecule has 10 atom stereocenters. The quantitative estimate of drug-likeness (QED) is 0.0164. The third kappa shape index (κ3) is 15.7. The number of nitrogen functional groups attached to an aromatic ring is 1. The number of hydrogen-bond donors (Lipinski definition) is 3. The second-order valence-corrected chi connectivity index (χ2v) is 23.3. The van der Waals surface area contributed by atoms with Gasteiger partial charge in [0.1, 0.15) is 60.4 Å². The number of Topliss-reactive ketones (excluding diaryl/α,β-unsaturated/α-hetero) is 1. The monoisotopic (exact) mass is 1220 g/mol. The smallest absolute Gasteiger partial charge is 0.409 e. The van der Waals surface area contributed by atoms with E-state index in [1.54, 1.807) is 57.0 Å². The molecule has 1 amide bonds. The molecule has 0 aliphatic carbocycles. The zero-order valence-electron chi connectivity index (χ0n) is 50.3. The van der Waals surface area contributed by atoms with Crippen LogP contribution < -0.4 is 26.1 Å². The highest BCUT2D eigenvalue weighted by Gasteiger charge is 2.55. The topological polar surface area (TPSA) is 318 Å². The van der Waals surface area contributed by atoms with Gasteiger partial charge >= 0.3 is 25.7 Å². The molecule has 0 spiro atoms. The van der Waals surface area contributed by atoms with E-state index in [2.05, 4.69) is 20.3 Å². The molecule has 0 bridgehead atoms. The molecule has 2 fully saturated rings. The predicted octanol–water partition coefficient (Wildman–Crippen LogP) is 5.93. The molecule has 26 nitrogen and oxygen atoms in total. The first-order valence-electron chi connectivity index (χ1n) is 28.2. The number of rotatable bonds is 29. The number of carbonyl (C=O) groups excluding carboxylic acids is 5. The fourth-order valence-electron chi connectivity index (χ4n) is 10.6. The number of imidazole rings is 1. The van der Waals surface area contributed by atoms with Crippen LogP contribution in [-0.4, -0.2) is 162 Å². The SMILES string of the molecule is COc1ccc(C(OC(C(=O)C(C)C)[C@H]2O[C@@H](n3cnc4c(=O)[nH]c(N)nc43)C[C@@H]2OP(=O)(OCCOCCO[C@@H]2O[C@H](COC(C)=O)[C@H](OC(C)=O)[C@H](OC(C)=O)[C@H]2NC(C)=O)N(C(C)C)C(C)C)(c2ccccc2)c2ccc(OC)cc2)cc1. The zero-order valence-corrected chi connectivity index (χ0v) is 51.2. The van der Waals surface area contributed by atoms with E-state index in [1.807, 2.05) is 82.3 Å². The molecule has 27 heteroatoms. The zero-order chi connectivity index (χ0) is 62.6. The van der Waals surface area contributed by atoms with Gasteiger partial charge in [0, 0.05) is 52.1 Å². The second kappa shape index (κ2) is 29.5. The number of H-pyrrole nitrogens is 1. The molecular formula is C59H78N7O19P. The fourth-order valence-corrected chi connectivity index (χ4v) is 12.9. The summed E-state index contributed by atoms with van der Waals surface area (Å²) in [6, 6.07) is 21.8.